The van der Waals surface area contributed by atoms with E-state index in [4.69, 9.17) is 5.11 Å². The summed E-state index contributed by atoms with van der Waals surface area (Å²) in [6, 6.07) is -0.0286. The number of carboxylic acid groups (broad SMARTS) is 1. The van der Waals surface area contributed by atoms with Gasteiger partial charge in [0.1, 0.15) is 0 Å². The van der Waals surface area contributed by atoms with Crippen LogP contribution in [0.25, 0.3) is 0 Å². The van der Waals surface area contributed by atoms with Gasteiger partial charge >= 0.3 is 12.0 Å². The number of nitrogens with one attached hydrogen (secondary N) is 2. The molecule has 0 spiro atoms. The van der Waals surface area contributed by atoms with Gasteiger partial charge in [0.25, 0.3) is 0 Å². The normalized spacial score (nSPS) is 23.1. The summed E-state index contributed by atoms with van der Waals surface area (Å²) in [5, 5.41) is 14.7. The summed E-state index contributed by atoms with van der Waals surface area (Å²) >= 11 is 1.82. The number of thioether (sulfide) groups is 1. The first-order chi connectivity index (χ1) is 9.28. The highest BCUT2D eigenvalue weighted by Crippen LogP contribution is 2.24. The number of carboxylic acids is 1. The van der Waals surface area contributed by atoms with Gasteiger partial charge in [-0.15, -0.1) is 0 Å². The molecule has 1 aliphatic carbocycles. The van der Waals surface area contributed by atoms with Crippen molar-refractivity contribution in [3.8, 4) is 0 Å². The number of aliphatic carboxylic acids is 1. The lowest BCUT2D eigenvalue weighted by molar-refractivity contribution is -0.142. The molecule has 1 saturated carbocycles. The van der Waals surface area contributed by atoms with Crippen LogP contribution in [-0.4, -0.2) is 40.2 Å². The van der Waals surface area contributed by atoms with E-state index >= 15 is 0 Å². The highest BCUT2D eigenvalue weighted by molar-refractivity contribution is 8.00. The van der Waals surface area contributed by atoms with Gasteiger partial charge in [0, 0.05) is 23.1 Å². The number of amides is 2. The van der Waals surface area contributed by atoms with Crippen molar-refractivity contribution in [3.05, 3.63) is 0 Å². The Kier molecular flexibility index (Phi) is 6.65. The molecule has 6 heteroatoms. The fraction of sp³-hybridized carbons (Fsp3) is 0.857. The van der Waals surface area contributed by atoms with Crippen LogP contribution in [0.1, 0.15) is 46.5 Å². The molecule has 0 aromatic carbocycles. The molecule has 0 heterocycles. The largest absolute Gasteiger partial charge is 0.481 e. The van der Waals surface area contributed by atoms with Gasteiger partial charge in [-0.3, -0.25) is 4.79 Å². The topological polar surface area (TPSA) is 78.4 Å². The Morgan fingerprint density at radius 3 is 2.30 bits per heavy atom. The van der Waals surface area contributed by atoms with Gasteiger partial charge in [-0.25, -0.2) is 4.79 Å². The molecule has 5 nitrogen and oxygen atoms in total. The van der Waals surface area contributed by atoms with Crippen molar-refractivity contribution >= 4 is 23.8 Å². The number of carbonyl (C=O) groups excluding carboxylic acids is 1. The lowest BCUT2D eigenvalue weighted by atomic mass is 9.86. The zero-order chi connectivity index (χ0) is 15.2. The van der Waals surface area contributed by atoms with Crippen molar-refractivity contribution < 1.29 is 14.7 Å². The molecule has 0 aromatic rings. The highest BCUT2D eigenvalue weighted by Gasteiger charge is 2.26. The first kappa shape index (κ1) is 17.1. The second kappa shape index (κ2) is 7.76. The fourth-order valence-corrected chi connectivity index (χ4v) is 3.06. The van der Waals surface area contributed by atoms with E-state index < -0.39 is 5.97 Å². The van der Waals surface area contributed by atoms with Gasteiger partial charge in [0.15, 0.2) is 0 Å². The van der Waals surface area contributed by atoms with Crippen LogP contribution in [-0.2, 0) is 4.79 Å². The monoisotopic (exact) mass is 302 g/mol. The summed E-state index contributed by atoms with van der Waals surface area (Å²) in [5.74, 6) is -0.0609. The molecular weight excluding hydrogens is 276 g/mol. The molecule has 0 radical (unpaired) electrons. The van der Waals surface area contributed by atoms with Crippen LogP contribution < -0.4 is 10.6 Å². The first-order valence-electron chi connectivity index (χ1n) is 7.19. The minimum Gasteiger partial charge on any atom is -0.481 e. The van der Waals surface area contributed by atoms with E-state index in [1.54, 1.807) is 0 Å². The van der Waals surface area contributed by atoms with Crippen molar-refractivity contribution in [2.24, 2.45) is 5.92 Å². The molecule has 2 amide bonds. The molecule has 0 bridgehead atoms. The standard InChI is InChI=1S/C14H26N2O3S/c1-14(2,3)20-9-8-15-13(19)16-11-6-4-10(5-7-11)12(17)18/h10-11H,4-9H2,1-3H3,(H,17,18)(H2,15,16,19). The Balaban J connectivity index is 2.13. The number of rotatable bonds is 5. The van der Waals surface area contributed by atoms with Crippen LogP contribution in [0.15, 0.2) is 0 Å². The molecule has 0 saturated heterocycles. The number of urea groups is 1. The molecule has 0 aromatic heterocycles. The summed E-state index contributed by atoms with van der Waals surface area (Å²) in [5.41, 5.74) is 0. The Morgan fingerprint density at radius 1 is 1.20 bits per heavy atom. The second-order valence-electron chi connectivity index (χ2n) is 6.25. The van der Waals surface area contributed by atoms with E-state index in [1.165, 1.54) is 0 Å². The maximum atomic E-state index is 11.7. The van der Waals surface area contributed by atoms with Crippen LogP contribution in [0.2, 0.25) is 0 Å². The van der Waals surface area contributed by atoms with Crippen molar-refractivity contribution in [2.75, 3.05) is 12.3 Å². The molecule has 116 valence electrons. The predicted molar refractivity (Wildman–Crippen MR) is 82.1 cm³/mol. The van der Waals surface area contributed by atoms with Gasteiger partial charge in [0.05, 0.1) is 5.92 Å². The quantitative estimate of drug-likeness (QED) is 0.682. The van der Waals surface area contributed by atoms with E-state index in [-0.39, 0.29) is 22.7 Å². The number of carbonyl (C=O) groups is 2. The summed E-state index contributed by atoms with van der Waals surface area (Å²) in [4.78, 5) is 22.5. The zero-order valence-electron chi connectivity index (χ0n) is 12.6. The van der Waals surface area contributed by atoms with Crippen molar-refractivity contribution in [2.45, 2.75) is 57.2 Å². The molecule has 0 atom stereocenters. The first-order valence-corrected chi connectivity index (χ1v) is 8.17. The summed E-state index contributed by atoms with van der Waals surface area (Å²) in [6.45, 7) is 7.11. The van der Waals surface area contributed by atoms with Crippen molar-refractivity contribution in [3.63, 3.8) is 0 Å². The van der Waals surface area contributed by atoms with Crippen molar-refractivity contribution in [1.29, 1.82) is 0 Å². The maximum Gasteiger partial charge on any atom is 0.315 e. The number of hydrogen-bond acceptors (Lipinski definition) is 3. The molecule has 1 fully saturated rings. The molecule has 0 unspecified atom stereocenters. The summed E-state index contributed by atoms with van der Waals surface area (Å²) in [7, 11) is 0. The average molecular weight is 302 g/mol. The Labute approximate surface area is 125 Å². The number of hydrogen-bond donors (Lipinski definition) is 3. The fourth-order valence-electron chi connectivity index (χ4n) is 2.24. The van der Waals surface area contributed by atoms with Gasteiger partial charge in [-0.2, -0.15) is 11.8 Å². The van der Waals surface area contributed by atoms with Crippen LogP contribution in [0.3, 0.4) is 0 Å². The molecule has 1 aliphatic rings. The van der Waals surface area contributed by atoms with Crippen LogP contribution >= 0.6 is 11.8 Å². The zero-order valence-corrected chi connectivity index (χ0v) is 13.4. The summed E-state index contributed by atoms with van der Waals surface area (Å²) in [6.07, 6.45) is 2.81. The molecule has 3 N–H and O–H groups in total. The third-order valence-corrected chi connectivity index (χ3v) is 4.61. The van der Waals surface area contributed by atoms with Gasteiger partial charge in [-0.1, -0.05) is 20.8 Å². The van der Waals surface area contributed by atoms with Crippen LogP contribution in [0.4, 0.5) is 4.79 Å². The van der Waals surface area contributed by atoms with Gasteiger partial charge in [0.2, 0.25) is 0 Å². The predicted octanol–water partition coefficient (Wildman–Crippen LogP) is 2.46. The smallest absolute Gasteiger partial charge is 0.315 e. The van der Waals surface area contributed by atoms with Crippen LogP contribution in [0.5, 0.6) is 0 Å². The Morgan fingerprint density at radius 2 is 1.80 bits per heavy atom. The third kappa shape index (κ3) is 7.03. The molecular formula is C14H26N2O3S. The highest BCUT2D eigenvalue weighted by atomic mass is 32.2. The van der Waals surface area contributed by atoms with E-state index in [9.17, 15) is 9.59 Å². The summed E-state index contributed by atoms with van der Waals surface area (Å²) < 4.78 is 0.216. The van der Waals surface area contributed by atoms with Crippen molar-refractivity contribution in [1.82, 2.24) is 10.6 Å². The van der Waals surface area contributed by atoms with Gasteiger partial charge in [-0.05, 0) is 25.7 Å². The minimum atomic E-state index is -0.716. The molecule has 1 rings (SSSR count). The second-order valence-corrected chi connectivity index (χ2v) is 8.17. The lowest BCUT2D eigenvalue weighted by Gasteiger charge is -2.27. The molecule has 20 heavy (non-hydrogen) atoms. The van der Waals surface area contributed by atoms with Gasteiger partial charge < -0.3 is 15.7 Å². The average Bonchev–Trinajstić information content (AvgIpc) is 2.34. The SMILES string of the molecule is CC(C)(C)SCCNC(=O)NC1CCC(C(=O)O)CC1. The minimum absolute atomic E-state index is 0.112. The maximum absolute atomic E-state index is 11.7. The molecule has 0 aliphatic heterocycles. The third-order valence-electron chi connectivity index (χ3n) is 3.33. The van der Waals surface area contributed by atoms with E-state index in [0.29, 0.717) is 19.4 Å². The Bertz CT molecular complexity index is 334. The van der Waals surface area contributed by atoms with E-state index in [1.807, 2.05) is 11.8 Å². The van der Waals surface area contributed by atoms with Crippen LogP contribution in [0, 0.1) is 5.92 Å². The lowest BCUT2D eigenvalue weighted by Crippen LogP contribution is -2.44. The van der Waals surface area contributed by atoms with E-state index in [2.05, 4.69) is 31.4 Å². The van der Waals surface area contributed by atoms with E-state index in [0.717, 1.165) is 18.6 Å². The Hall–Kier alpha value is -0.910.